The lowest BCUT2D eigenvalue weighted by atomic mass is 10.2. The van der Waals surface area contributed by atoms with Crippen molar-refractivity contribution in [1.29, 1.82) is 0 Å². The minimum atomic E-state index is -4.35. The van der Waals surface area contributed by atoms with Gasteiger partial charge in [0.25, 0.3) is 0 Å². The summed E-state index contributed by atoms with van der Waals surface area (Å²) in [5.74, 6) is 0. The molecule has 2 rings (SSSR count). The lowest BCUT2D eigenvalue weighted by molar-refractivity contribution is -0.137. The van der Waals surface area contributed by atoms with Crippen molar-refractivity contribution in [2.75, 3.05) is 6.54 Å². The van der Waals surface area contributed by atoms with Gasteiger partial charge in [0.05, 0.1) is 5.56 Å². The van der Waals surface area contributed by atoms with E-state index in [1.54, 1.807) is 6.07 Å². The molecular weight excluding hydrogens is 219 g/mol. The average molecular weight is 229 g/mol. The van der Waals surface area contributed by atoms with Gasteiger partial charge in [-0.05, 0) is 25.1 Å². The van der Waals surface area contributed by atoms with Crippen molar-refractivity contribution in [1.82, 2.24) is 9.97 Å². The average Bonchev–Trinajstić information content (AvgIpc) is 2.57. The zero-order chi connectivity index (χ0) is 11.8. The Balaban J connectivity index is 2.46. The van der Waals surface area contributed by atoms with Crippen LogP contribution < -0.4 is 5.73 Å². The molecule has 0 aliphatic carbocycles. The summed E-state index contributed by atoms with van der Waals surface area (Å²) >= 11 is 0. The normalized spacial score (nSPS) is 12.2. The van der Waals surface area contributed by atoms with E-state index in [-0.39, 0.29) is 0 Å². The Morgan fingerprint density at radius 2 is 2.06 bits per heavy atom. The maximum absolute atomic E-state index is 12.4. The highest BCUT2D eigenvalue weighted by molar-refractivity contribution is 5.77. The SMILES string of the molecule is NCCc1cc2cc(C(F)(F)F)cnc2[nH]1. The van der Waals surface area contributed by atoms with Crippen molar-refractivity contribution < 1.29 is 13.2 Å². The van der Waals surface area contributed by atoms with Crippen LogP contribution in [0.3, 0.4) is 0 Å². The lowest BCUT2D eigenvalue weighted by Crippen LogP contribution is -2.04. The van der Waals surface area contributed by atoms with Gasteiger partial charge in [0, 0.05) is 17.3 Å². The second kappa shape index (κ2) is 3.79. The van der Waals surface area contributed by atoms with E-state index in [0.29, 0.717) is 24.0 Å². The van der Waals surface area contributed by atoms with E-state index in [1.807, 2.05) is 0 Å². The number of pyridine rings is 1. The number of alkyl halides is 3. The van der Waals surface area contributed by atoms with Gasteiger partial charge in [-0.25, -0.2) is 4.98 Å². The molecule has 3 N–H and O–H groups in total. The smallest absolute Gasteiger partial charge is 0.343 e. The van der Waals surface area contributed by atoms with Crippen LogP contribution in [0, 0.1) is 0 Å². The van der Waals surface area contributed by atoms with E-state index in [9.17, 15) is 13.2 Å². The second-order valence-electron chi connectivity index (χ2n) is 3.49. The molecule has 0 atom stereocenters. The number of halogens is 3. The molecule has 6 heteroatoms. The van der Waals surface area contributed by atoms with Crippen LogP contribution in [0.25, 0.3) is 11.0 Å². The summed E-state index contributed by atoms with van der Waals surface area (Å²) in [6.45, 7) is 0.443. The molecule has 3 nitrogen and oxygen atoms in total. The van der Waals surface area contributed by atoms with Gasteiger partial charge >= 0.3 is 6.18 Å². The van der Waals surface area contributed by atoms with Crippen LogP contribution in [0.1, 0.15) is 11.3 Å². The maximum atomic E-state index is 12.4. The monoisotopic (exact) mass is 229 g/mol. The molecule has 0 unspecified atom stereocenters. The summed E-state index contributed by atoms with van der Waals surface area (Å²) in [4.78, 5) is 6.65. The summed E-state index contributed by atoms with van der Waals surface area (Å²) in [6.07, 6.45) is -2.94. The molecule has 86 valence electrons. The number of aromatic amines is 1. The Labute approximate surface area is 89.5 Å². The fourth-order valence-electron chi connectivity index (χ4n) is 1.52. The molecule has 0 aliphatic heterocycles. The first-order valence-electron chi connectivity index (χ1n) is 4.75. The van der Waals surface area contributed by atoms with Crippen LogP contribution in [-0.4, -0.2) is 16.5 Å². The number of nitrogens with one attached hydrogen (secondary N) is 1. The highest BCUT2D eigenvalue weighted by atomic mass is 19.4. The number of nitrogens with zero attached hydrogens (tertiary/aromatic N) is 1. The lowest BCUT2D eigenvalue weighted by Gasteiger charge is -2.04. The topological polar surface area (TPSA) is 54.7 Å². The van der Waals surface area contributed by atoms with Crippen molar-refractivity contribution in [3.05, 3.63) is 29.6 Å². The number of fused-ring (bicyclic) bond motifs is 1. The quantitative estimate of drug-likeness (QED) is 0.828. The first-order chi connectivity index (χ1) is 7.50. The number of hydrogen-bond donors (Lipinski definition) is 2. The third kappa shape index (κ3) is 2.01. The fourth-order valence-corrected chi connectivity index (χ4v) is 1.52. The van der Waals surface area contributed by atoms with E-state index < -0.39 is 11.7 Å². The number of rotatable bonds is 2. The van der Waals surface area contributed by atoms with E-state index in [4.69, 9.17) is 5.73 Å². The Kier molecular flexibility index (Phi) is 2.59. The molecule has 0 aliphatic rings. The zero-order valence-electron chi connectivity index (χ0n) is 8.30. The zero-order valence-corrected chi connectivity index (χ0v) is 8.30. The molecule has 0 spiro atoms. The van der Waals surface area contributed by atoms with Gasteiger partial charge in [0.15, 0.2) is 0 Å². The van der Waals surface area contributed by atoms with Crippen LogP contribution in [-0.2, 0) is 12.6 Å². The van der Waals surface area contributed by atoms with Gasteiger partial charge < -0.3 is 10.7 Å². The minimum Gasteiger partial charge on any atom is -0.343 e. The van der Waals surface area contributed by atoms with Gasteiger partial charge in [-0.15, -0.1) is 0 Å². The standard InChI is InChI=1S/C10H10F3N3/c11-10(12,13)7-3-6-4-8(1-2-14)16-9(6)15-5-7/h3-5H,1-2,14H2,(H,15,16). The van der Waals surface area contributed by atoms with Crippen molar-refractivity contribution >= 4 is 11.0 Å². The predicted octanol–water partition coefficient (Wildman–Crippen LogP) is 2.08. The molecule has 0 fully saturated rings. The van der Waals surface area contributed by atoms with E-state index in [2.05, 4.69) is 9.97 Å². The van der Waals surface area contributed by atoms with Crippen molar-refractivity contribution in [2.45, 2.75) is 12.6 Å². The van der Waals surface area contributed by atoms with Crippen LogP contribution in [0.2, 0.25) is 0 Å². The van der Waals surface area contributed by atoms with Crippen molar-refractivity contribution in [2.24, 2.45) is 5.73 Å². The minimum absolute atomic E-state index is 0.443. The summed E-state index contributed by atoms with van der Waals surface area (Å²) in [5, 5.41) is 0.457. The number of hydrogen-bond acceptors (Lipinski definition) is 2. The van der Waals surface area contributed by atoms with E-state index in [1.165, 1.54) is 0 Å². The molecule has 0 amide bonds. The first kappa shape index (κ1) is 10.9. The molecule has 0 saturated heterocycles. The van der Waals surface area contributed by atoms with Crippen LogP contribution in [0.4, 0.5) is 13.2 Å². The van der Waals surface area contributed by atoms with Gasteiger partial charge in [-0.3, -0.25) is 0 Å². The third-order valence-electron chi connectivity index (χ3n) is 2.27. The highest BCUT2D eigenvalue weighted by Gasteiger charge is 2.31. The molecule has 0 bridgehead atoms. The molecule has 0 saturated carbocycles. The van der Waals surface area contributed by atoms with Crippen LogP contribution in [0.5, 0.6) is 0 Å². The van der Waals surface area contributed by atoms with Gasteiger partial charge in [-0.2, -0.15) is 13.2 Å². The highest BCUT2D eigenvalue weighted by Crippen LogP contribution is 2.30. The van der Waals surface area contributed by atoms with Crippen LogP contribution in [0.15, 0.2) is 18.3 Å². The Morgan fingerprint density at radius 3 is 2.69 bits per heavy atom. The van der Waals surface area contributed by atoms with Gasteiger partial charge in [0.1, 0.15) is 5.65 Å². The molecule has 2 aromatic heterocycles. The number of H-pyrrole nitrogens is 1. The predicted molar refractivity (Wildman–Crippen MR) is 53.9 cm³/mol. The summed E-state index contributed by atoms with van der Waals surface area (Å²) in [7, 11) is 0. The maximum Gasteiger partial charge on any atom is 0.417 e. The molecular formula is C10H10F3N3. The molecule has 16 heavy (non-hydrogen) atoms. The number of aromatic nitrogens is 2. The van der Waals surface area contributed by atoms with E-state index >= 15 is 0 Å². The molecule has 2 heterocycles. The Bertz CT molecular complexity index is 501. The van der Waals surface area contributed by atoms with E-state index in [0.717, 1.165) is 18.0 Å². The third-order valence-corrected chi connectivity index (χ3v) is 2.27. The molecule has 0 aromatic carbocycles. The van der Waals surface area contributed by atoms with Gasteiger partial charge in [0.2, 0.25) is 0 Å². The van der Waals surface area contributed by atoms with Crippen molar-refractivity contribution in [3.63, 3.8) is 0 Å². The Morgan fingerprint density at radius 1 is 1.31 bits per heavy atom. The largest absolute Gasteiger partial charge is 0.417 e. The molecule has 2 aromatic rings. The summed E-state index contributed by atoms with van der Waals surface area (Å²) < 4.78 is 37.2. The second-order valence-corrected chi connectivity index (χ2v) is 3.49. The fraction of sp³-hybridized carbons (Fsp3) is 0.300. The van der Waals surface area contributed by atoms with Gasteiger partial charge in [-0.1, -0.05) is 0 Å². The summed E-state index contributed by atoms with van der Waals surface area (Å²) in [6, 6.07) is 2.73. The first-order valence-corrected chi connectivity index (χ1v) is 4.75. The van der Waals surface area contributed by atoms with Crippen LogP contribution >= 0.6 is 0 Å². The number of nitrogens with two attached hydrogens (primary N) is 1. The summed E-state index contributed by atoms with van der Waals surface area (Å²) in [5.41, 5.74) is 5.87. The Hall–Kier alpha value is -1.56. The van der Waals surface area contributed by atoms with Crippen molar-refractivity contribution in [3.8, 4) is 0 Å². The molecule has 0 radical (unpaired) electrons.